The molecule has 4 amide bonds. The Balaban J connectivity index is 1.57. The van der Waals surface area contributed by atoms with Gasteiger partial charge in [0.25, 0.3) is 0 Å². The van der Waals surface area contributed by atoms with Crippen LogP contribution in [0.2, 0.25) is 10.6 Å². The van der Waals surface area contributed by atoms with E-state index in [1.165, 1.54) is 0 Å². The average molecular weight is 419 g/mol. The van der Waals surface area contributed by atoms with E-state index in [0.29, 0.717) is 20.8 Å². The van der Waals surface area contributed by atoms with Crippen LogP contribution in [0.3, 0.4) is 0 Å². The zero-order chi connectivity index (χ0) is 18.4. The van der Waals surface area contributed by atoms with Crippen molar-refractivity contribution < 1.29 is 38.4 Å². The van der Waals surface area contributed by atoms with E-state index in [4.69, 9.17) is 9.68 Å². The first-order chi connectivity index (χ1) is 11.9. The number of rotatable bonds is 8. The first kappa shape index (κ1) is 19.1. The first-order valence-corrected chi connectivity index (χ1v) is 10.0. The molecule has 2 rings (SSSR count). The fourth-order valence-electron chi connectivity index (χ4n) is 2.02. The Kier molecular flexibility index (Phi) is 6.65. The second kappa shape index (κ2) is 8.72. The van der Waals surface area contributed by atoms with Crippen molar-refractivity contribution in [3.63, 3.8) is 0 Å². The molecule has 0 unspecified atom stereocenters. The topological polar surface area (TPSA) is 127 Å². The van der Waals surface area contributed by atoms with Gasteiger partial charge in [0.1, 0.15) is 0 Å². The molecule has 10 nitrogen and oxygen atoms in total. The van der Waals surface area contributed by atoms with Crippen molar-refractivity contribution >= 4 is 50.5 Å². The van der Waals surface area contributed by atoms with E-state index in [0.717, 1.165) is 0 Å². The van der Waals surface area contributed by atoms with Crippen LogP contribution in [-0.4, -0.2) is 60.7 Å². The van der Waals surface area contributed by atoms with E-state index in [-0.39, 0.29) is 53.5 Å². The molecule has 2 fully saturated rings. The summed E-state index contributed by atoms with van der Waals surface area (Å²) in [5.74, 6) is -3.48. The Morgan fingerprint density at radius 3 is 1.36 bits per heavy atom. The molecule has 11 heteroatoms. The van der Waals surface area contributed by atoms with Crippen LogP contribution in [0.4, 0.5) is 0 Å². The van der Waals surface area contributed by atoms with Gasteiger partial charge in [-0.05, 0) is 0 Å². The van der Waals surface area contributed by atoms with Gasteiger partial charge < -0.3 is 0 Å². The van der Waals surface area contributed by atoms with E-state index in [2.05, 4.69) is 0 Å². The maximum absolute atomic E-state index is 11.6. The van der Waals surface area contributed by atoms with E-state index >= 15 is 0 Å². The van der Waals surface area contributed by atoms with E-state index in [9.17, 15) is 28.8 Å². The third kappa shape index (κ3) is 5.36. The summed E-state index contributed by atoms with van der Waals surface area (Å²) in [5, 5.41) is 1.90. The number of carbonyl (C=O) groups excluding carboxylic acids is 6. The van der Waals surface area contributed by atoms with Gasteiger partial charge in [-0.1, -0.05) is 0 Å². The average Bonchev–Trinajstić information content (AvgIpc) is 3.04. The molecule has 0 aromatic heterocycles. The fraction of sp³-hybridized carbons (Fsp3) is 0.571. The summed E-state index contributed by atoms with van der Waals surface area (Å²) in [7, 11) is 0. The SMILES string of the molecule is O=C(CC[Se]CCC(=O)ON1C(=O)CCC1=O)ON1C(=O)CCC1=O. The van der Waals surface area contributed by atoms with Gasteiger partial charge in [0.2, 0.25) is 0 Å². The fourth-order valence-corrected chi connectivity index (χ4v) is 3.76. The Hall–Kier alpha value is -2.26. The summed E-state index contributed by atoms with van der Waals surface area (Å²) in [5.41, 5.74) is 0. The van der Waals surface area contributed by atoms with Crippen LogP contribution in [0.1, 0.15) is 38.5 Å². The summed E-state index contributed by atoms with van der Waals surface area (Å²) in [4.78, 5) is 77.7. The standard InChI is InChI=1S/C14H16N2O8Se/c17-9-1-2-10(18)15(9)23-13(21)5-7-25-8-6-14(22)24-16-11(19)3-4-12(16)20/h1-8H2. The molecule has 0 radical (unpaired) electrons. The van der Waals surface area contributed by atoms with Crippen molar-refractivity contribution in [3.05, 3.63) is 0 Å². The second-order valence-electron chi connectivity index (χ2n) is 5.20. The Bertz CT molecular complexity index is 536. The molecule has 2 aliphatic rings. The number of imide groups is 2. The van der Waals surface area contributed by atoms with Crippen LogP contribution in [-0.2, 0) is 38.4 Å². The number of amides is 4. The number of nitrogens with zero attached hydrogens (tertiary/aromatic N) is 2. The molecule has 25 heavy (non-hydrogen) atoms. The maximum atomic E-state index is 11.6. The zero-order valence-corrected chi connectivity index (χ0v) is 14.9. The van der Waals surface area contributed by atoms with Crippen LogP contribution < -0.4 is 0 Å². The van der Waals surface area contributed by atoms with Gasteiger partial charge in [0.05, 0.1) is 0 Å². The van der Waals surface area contributed by atoms with Gasteiger partial charge in [-0.25, -0.2) is 0 Å². The second-order valence-corrected chi connectivity index (χ2v) is 7.77. The summed E-state index contributed by atoms with van der Waals surface area (Å²) in [6, 6.07) is 0. The van der Waals surface area contributed by atoms with Gasteiger partial charge in [0, 0.05) is 0 Å². The number of hydrogen-bond donors (Lipinski definition) is 0. The molecule has 0 spiro atoms. The first-order valence-electron chi connectivity index (χ1n) is 7.59. The molecule has 0 aliphatic carbocycles. The molecular weight excluding hydrogens is 403 g/mol. The van der Waals surface area contributed by atoms with Crippen molar-refractivity contribution in [2.24, 2.45) is 0 Å². The van der Waals surface area contributed by atoms with Crippen molar-refractivity contribution in [3.8, 4) is 0 Å². The molecule has 2 saturated heterocycles. The van der Waals surface area contributed by atoms with Gasteiger partial charge in [-0.15, -0.1) is 0 Å². The molecule has 2 aliphatic heterocycles. The number of hydrogen-bond acceptors (Lipinski definition) is 8. The Labute approximate surface area is 148 Å². The van der Waals surface area contributed by atoms with Gasteiger partial charge >= 0.3 is 148 Å². The number of carbonyl (C=O) groups is 6. The van der Waals surface area contributed by atoms with Crippen molar-refractivity contribution in [2.75, 3.05) is 0 Å². The number of hydroxylamine groups is 4. The normalized spacial score (nSPS) is 17.4. The summed E-state index contributed by atoms with van der Waals surface area (Å²) in [6.07, 6.45) is 0.213. The predicted molar refractivity (Wildman–Crippen MR) is 79.0 cm³/mol. The van der Waals surface area contributed by atoms with Crippen molar-refractivity contribution in [1.82, 2.24) is 10.1 Å². The molecule has 0 N–H and O–H groups in total. The quantitative estimate of drug-likeness (QED) is 0.293. The molecular formula is C14H16N2O8Se. The summed E-state index contributed by atoms with van der Waals surface area (Å²) in [6.45, 7) is 0. The molecule has 0 aromatic carbocycles. The minimum absolute atomic E-state index is 0.0230. The van der Waals surface area contributed by atoms with Gasteiger partial charge in [-0.2, -0.15) is 0 Å². The van der Waals surface area contributed by atoms with Crippen LogP contribution in [0, 0.1) is 0 Å². The minimum atomic E-state index is -0.679. The van der Waals surface area contributed by atoms with E-state index in [1.807, 2.05) is 0 Å². The van der Waals surface area contributed by atoms with Gasteiger partial charge in [-0.3, -0.25) is 0 Å². The molecule has 0 atom stereocenters. The van der Waals surface area contributed by atoms with Crippen LogP contribution >= 0.6 is 0 Å². The summed E-state index contributed by atoms with van der Waals surface area (Å²) >= 11 is -0.0733. The molecule has 2 heterocycles. The Morgan fingerprint density at radius 2 is 1.04 bits per heavy atom. The third-order valence-electron chi connectivity index (χ3n) is 3.30. The van der Waals surface area contributed by atoms with Crippen molar-refractivity contribution in [2.45, 2.75) is 49.2 Å². The predicted octanol–water partition coefficient (Wildman–Crippen LogP) is -0.478. The third-order valence-corrected chi connectivity index (χ3v) is 5.37. The molecule has 0 saturated carbocycles. The van der Waals surface area contributed by atoms with E-state index < -0.39 is 35.6 Å². The molecule has 0 aromatic rings. The van der Waals surface area contributed by atoms with Gasteiger partial charge in [0.15, 0.2) is 0 Å². The molecule has 136 valence electrons. The molecule has 0 bridgehead atoms. The van der Waals surface area contributed by atoms with Crippen molar-refractivity contribution in [1.29, 1.82) is 0 Å². The van der Waals surface area contributed by atoms with E-state index in [1.54, 1.807) is 0 Å². The monoisotopic (exact) mass is 420 g/mol. The van der Waals surface area contributed by atoms with Crippen LogP contribution in [0.15, 0.2) is 0 Å². The summed E-state index contributed by atoms with van der Waals surface area (Å²) < 4.78 is 0. The Morgan fingerprint density at radius 1 is 0.720 bits per heavy atom. The van der Waals surface area contributed by atoms with Crippen LogP contribution in [0.5, 0.6) is 0 Å². The van der Waals surface area contributed by atoms with Crippen LogP contribution in [0.25, 0.3) is 0 Å². The zero-order valence-electron chi connectivity index (χ0n) is 13.2.